The Bertz CT molecular complexity index is 814. The molecule has 3 rings (SSSR count). The molecule has 0 aliphatic rings. The van der Waals surface area contributed by atoms with Crippen LogP contribution < -0.4 is 5.73 Å². The highest BCUT2D eigenvalue weighted by Crippen LogP contribution is 2.23. The van der Waals surface area contributed by atoms with Crippen LogP contribution in [0.3, 0.4) is 0 Å². The maximum absolute atomic E-state index is 12.5. The number of halogens is 1. The molecule has 0 amide bonds. The van der Waals surface area contributed by atoms with Crippen molar-refractivity contribution in [2.75, 3.05) is 5.73 Å². The van der Waals surface area contributed by atoms with E-state index in [2.05, 4.69) is 4.98 Å². The van der Waals surface area contributed by atoms with E-state index in [0.717, 1.165) is 5.39 Å². The lowest BCUT2D eigenvalue weighted by atomic mass is 10.1. The van der Waals surface area contributed by atoms with Crippen molar-refractivity contribution in [3.05, 3.63) is 70.9 Å². The monoisotopic (exact) mass is 282 g/mol. The molecule has 1 heterocycles. The van der Waals surface area contributed by atoms with Crippen molar-refractivity contribution in [1.29, 1.82) is 0 Å². The Morgan fingerprint density at radius 2 is 1.75 bits per heavy atom. The smallest absolute Gasteiger partial charge is 0.212 e. The number of hydrogen-bond donors (Lipinski definition) is 1. The van der Waals surface area contributed by atoms with Crippen molar-refractivity contribution in [1.82, 2.24) is 4.98 Å². The van der Waals surface area contributed by atoms with Gasteiger partial charge in [-0.2, -0.15) is 0 Å². The number of benzene rings is 2. The minimum absolute atomic E-state index is 0.229. The summed E-state index contributed by atoms with van der Waals surface area (Å²) in [6.07, 6.45) is 0. The predicted octanol–water partition coefficient (Wildman–Crippen LogP) is 3.70. The summed E-state index contributed by atoms with van der Waals surface area (Å²) in [6, 6.07) is 15.9. The highest BCUT2D eigenvalue weighted by Gasteiger charge is 2.15. The lowest BCUT2D eigenvalue weighted by Crippen LogP contribution is -2.06. The van der Waals surface area contributed by atoms with Crippen molar-refractivity contribution in [2.45, 2.75) is 0 Å². The summed E-state index contributed by atoms with van der Waals surface area (Å²) in [4.78, 5) is 16.8. The first-order valence-corrected chi connectivity index (χ1v) is 6.49. The van der Waals surface area contributed by atoms with Crippen molar-refractivity contribution in [3.63, 3.8) is 0 Å². The molecule has 0 aliphatic carbocycles. The molecule has 0 unspecified atom stereocenters. The van der Waals surface area contributed by atoms with Crippen LogP contribution >= 0.6 is 11.6 Å². The third-order valence-electron chi connectivity index (χ3n) is 3.10. The number of ketones is 1. The van der Waals surface area contributed by atoms with E-state index in [0.29, 0.717) is 27.5 Å². The zero-order chi connectivity index (χ0) is 14.1. The van der Waals surface area contributed by atoms with Crippen molar-refractivity contribution in [2.24, 2.45) is 0 Å². The molecule has 0 saturated heterocycles. The first-order valence-electron chi connectivity index (χ1n) is 6.11. The van der Waals surface area contributed by atoms with Gasteiger partial charge in [-0.1, -0.05) is 41.9 Å². The van der Waals surface area contributed by atoms with E-state index in [9.17, 15) is 4.79 Å². The summed E-state index contributed by atoms with van der Waals surface area (Å²) in [5, 5.41) is 1.24. The molecule has 0 fully saturated rings. The molecule has 98 valence electrons. The standard InChI is InChI=1S/C16H11ClN2O/c17-12-7-3-1-5-10(12)16(20)15-9-13(18)11-6-2-4-8-14(11)19-15/h1-9H,(H2,18,19). The number of hydrogen-bond acceptors (Lipinski definition) is 3. The Labute approximate surface area is 121 Å². The first kappa shape index (κ1) is 12.6. The van der Waals surface area contributed by atoms with Gasteiger partial charge < -0.3 is 5.73 Å². The maximum atomic E-state index is 12.5. The fourth-order valence-electron chi connectivity index (χ4n) is 2.10. The van der Waals surface area contributed by atoms with Gasteiger partial charge in [-0.3, -0.25) is 4.79 Å². The van der Waals surface area contributed by atoms with Crippen LogP contribution in [0.2, 0.25) is 5.02 Å². The average molecular weight is 283 g/mol. The van der Waals surface area contributed by atoms with E-state index in [1.807, 2.05) is 24.3 Å². The summed E-state index contributed by atoms with van der Waals surface area (Å²) < 4.78 is 0. The van der Waals surface area contributed by atoms with Crippen molar-refractivity contribution < 1.29 is 4.79 Å². The normalized spacial score (nSPS) is 10.7. The van der Waals surface area contributed by atoms with Gasteiger partial charge in [0.1, 0.15) is 5.69 Å². The molecule has 3 nitrogen and oxygen atoms in total. The number of nitrogens with zero attached hydrogens (tertiary/aromatic N) is 1. The van der Waals surface area contributed by atoms with E-state index < -0.39 is 0 Å². The van der Waals surface area contributed by atoms with Crippen LogP contribution in [0, 0.1) is 0 Å². The van der Waals surface area contributed by atoms with Gasteiger partial charge in [0.15, 0.2) is 0 Å². The fraction of sp³-hybridized carbons (Fsp3) is 0. The average Bonchev–Trinajstić information content (AvgIpc) is 2.47. The topological polar surface area (TPSA) is 56.0 Å². The Hall–Kier alpha value is -2.39. The summed E-state index contributed by atoms with van der Waals surface area (Å²) in [6.45, 7) is 0. The van der Waals surface area contributed by atoms with E-state index in [1.165, 1.54) is 0 Å². The van der Waals surface area contributed by atoms with Crippen LogP contribution in [0.1, 0.15) is 16.1 Å². The van der Waals surface area contributed by atoms with Gasteiger partial charge in [-0.15, -0.1) is 0 Å². The Morgan fingerprint density at radius 3 is 2.55 bits per heavy atom. The molecule has 0 saturated carbocycles. The quantitative estimate of drug-likeness (QED) is 0.729. The second-order valence-electron chi connectivity index (χ2n) is 4.42. The highest BCUT2D eigenvalue weighted by molar-refractivity contribution is 6.34. The maximum Gasteiger partial charge on any atom is 0.212 e. The SMILES string of the molecule is Nc1cc(C(=O)c2ccccc2Cl)nc2ccccc12. The molecule has 0 aliphatic heterocycles. The van der Waals surface area contributed by atoms with E-state index in [4.69, 9.17) is 17.3 Å². The summed E-state index contributed by atoms with van der Waals surface area (Å²) in [7, 11) is 0. The van der Waals surface area contributed by atoms with E-state index in [1.54, 1.807) is 30.3 Å². The number of carbonyl (C=O) groups is 1. The van der Waals surface area contributed by atoms with Gasteiger partial charge in [-0.25, -0.2) is 4.98 Å². The van der Waals surface area contributed by atoms with Gasteiger partial charge in [-0.05, 0) is 24.3 Å². The number of aromatic nitrogens is 1. The number of rotatable bonds is 2. The predicted molar refractivity (Wildman–Crippen MR) is 81.0 cm³/mol. The van der Waals surface area contributed by atoms with E-state index in [-0.39, 0.29) is 5.78 Å². The number of nitrogen functional groups attached to an aromatic ring is 1. The molecule has 0 radical (unpaired) electrons. The third kappa shape index (κ3) is 2.12. The molecular formula is C16H11ClN2O. The minimum atomic E-state index is -0.229. The molecule has 0 spiro atoms. The van der Waals surface area contributed by atoms with Crippen molar-refractivity contribution >= 4 is 34.0 Å². The zero-order valence-electron chi connectivity index (χ0n) is 10.5. The number of para-hydroxylation sites is 1. The summed E-state index contributed by atoms with van der Waals surface area (Å²) in [5.74, 6) is -0.229. The Kier molecular flexibility index (Phi) is 3.12. The first-order chi connectivity index (χ1) is 9.66. The lowest BCUT2D eigenvalue weighted by molar-refractivity contribution is 0.103. The molecule has 0 atom stereocenters. The van der Waals surface area contributed by atoms with Crippen molar-refractivity contribution in [3.8, 4) is 0 Å². The van der Waals surface area contributed by atoms with Crippen LogP contribution in [0.15, 0.2) is 54.6 Å². The van der Waals surface area contributed by atoms with Gasteiger partial charge in [0.2, 0.25) is 5.78 Å². The number of anilines is 1. The molecular weight excluding hydrogens is 272 g/mol. The van der Waals surface area contributed by atoms with Crippen LogP contribution in [-0.2, 0) is 0 Å². The molecule has 20 heavy (non-hydrogen) atoms. The summed E-state index contributed by atoms with van der Waals surface area (Å²) in [5.41, 5.74) is 7.94. The molecule has 2 N–H and O–H groups in total. The summed E-state index contributed by atoms with van der Waals surface area (Å²) >= 11 is 6.05. The van der Waals surface area contributed by atoms with Crippen LogP contribution in [-0.4, -0.2) is 10.8 Å². The molecule has 4 heteroatoms. The third-order valence-corrected chi connectivity index (χ3v) is 3.43. The van der Waals surface area contributed by atoms with Gasteiger partial charge in [0.05, 0.1) is 10.5 Å². The van der Waals surface area contributed by atoms with Crippen LogP contribution in [0.5, 0.6) is 0 Å². The highest BCUT2D eigenvalue weighted by atomic mass is 35.5. The Morgan fingerprint density at radius 1 is 1.05 bits per heavy atom. The number of fused-ring (bicyclic) bond motifs is 1. The molecule has 3 aromatic rings. The number of carbonyl (C=O) groups excluding carboxylic acids is 1. The molecule has 0 bridgehead atoms. The fourth-order valence-corrected chi connectivity index (χ4v) is 2.32. The second-order valence-corrected chi connectivity index (χ2v) is 4.83. The van der Waals surface area contributed by atoms with Gasteiger partial charge >= 0.3 is 0 Å². The minimum Gasteiger partial charge on any atom is -0.398 e. The van der Waals surface area contributed by atoms with Crippen LogP contribution in [0.4, 0.5) is 5.69 Å². The van der Waals surface area contributed by atoms with Crippen LogP contribution in [0.25, 0.3) is 10.9 Å². The lowest BCUT2D eigenvalue weighted by Gasteiger charge is -2.06. The molecule has 2 aromatic carbocycles. The molecule has 1 aromatic heterocycles. The number of nitrogens with two attached hydrogens (primary N) is 1. The zero-order valence-corrected chi connectivity index (χ0v) is 11.3. The van der Waals surface area contributed by atoms with E-state index >= 15 is 0 Å². The number of pyridine rings is 1. The van der Waals surface area contributed by atoms with Gasteiger partial charge in [0, 0.05) is 16.6 Å². The Balaban J connectivity index is 2.16. The second kappa shape index (κ2) is 4.94. The largest absolute Gasteiger partial charge is 0.398 e. The van der Waals surface area contributed by atoms with Gasteiger partial charge in [0.25, 0.3) is 0 Å².